The van der Waals surface area contributed by atoms with Gasteiger partial charge in [0.1, 0.15) is 5.60 Å². The Balaban J connectivity index is 4.46. The van der Waals surface area contributed by atoms with Crippen LogP contribution in [0, 0.1) is 0 Å². The number of hydrogen-bond acceptors (Lipinski definition) is 4. The number of nitrogens with two attached hydrogens (primary N) is 1. The number of carbonyl (C=O) groups is 1. The molecule has 0 saturated carbocycles. The lowest BCUT2D eigenvalue weighted by atomic mass is 10.2. The standard InChI is InChI=1S/C9H19N3O2/c1-7(10)12(6-11-5)8(13)14-9(2,3)4/h6-7H,10H2,1-5H3/b11-6-. The van der Waals surface area contributed by atoms with Gasteiger partial charge in [0.25, 0.3) is 0 Å². The van der Waals surface area contributed by atoms with E-state index < -0.39 is 17.9 Å². The van der Waals surface area contributed by atoms with Gasteiger partial charge in [0.15, 0.2) is 0 Å². The molecule has 5 nitrogen and oxygen atoms in total. The second-order valence-corrected chi connectivity index (χ2v) is 4.00. The summed E-state index contributed by atoms with van der Waals surface area (Å²) < 4.78 is 5.13. The first-order valence-electron chi connectivity index (χ1n) is 4.47. The molecule has 0 aliphatic rings. The lowest BCUT2D eigenvalue weighted by molar-refractivity contribution is 0.0334. The van der Waals surface area contributed by atoms with Crippen molar-refractivity contribution in [2.24, 2.45) is 10.7 Å². The minimum Gasteiger partial charge on any atom is -0.443 e. The summed E-state index contributed by atoms with van der Waals surface area (Å²) in [5, 5.41) is 0. The number of amides is 1. The van der Waals surface area contributed by atoms with Gasteiger partial charge in [-0.3, -0.25) is 9.89 Å². The van der Waals surface area contributed by atoms with E-state index in [0.717, 1.165) is 0 Å². The van der Waals surface area contributed by atoms with Crippen LogP contribution in [-0.2, 0) is 4.74 Å². The first kappa shape index (κ1) is 12.9. The molecule has 0 heterocycles. The predicted octanol–water partition coefficient (Wildman–Crippen LogP) is 1.19. The minimum absolute atomic E-state index is 0.450. The maximum Gasteiger partial charge on any atom is 0.416 e. The molecule has 14 heavy (non-hydrogen) atoms. The highest BCUT2D eigenvalue weighted by atomic mass is 16.6. The van der Waals surface area contributed by atoms with Crippen LogP contribution in [0.3, 0.4) is 0 Å². The van der Waals surface area contributed by atoms with Crippen molar-refractivity contribution in [3.63, 3.8) is 0 Å². The van der Waals surface area contributed by atoms with Crippen molar-refractivity contribution >= 4 is 12.4 Å². The minimum atomic E-state index is -0.522. The predicted molar refractivity (Wildman–Crippen MR) is 56.1 cm³/mol. The van der Waals surface area contributed by atoms with E-state index in [9.17, 15) is 4.79 Å². The van der Waals surface area contributed by atoms with E-state index in [4.69, 9.17) is 10.5 Å². The molecule has 0 aromatic heterocycles. The van der Waals surface area contributed by atoms with Crippen LogP contribution in [0.2, 0.25) is 0 Å². The topological polar surface area (TPSA) is 67.9 Å². The Labute approximate surface area is 84.9 Å². The molecule has 0 bridgehead atoms. The highest BCUT2D eigenvalue weighted by Gasteiger charge is 2.22. The Morgan fingerprint density at radius 2 is 2.07 bits per heavy atom. The van der Waals surface area contributed by atoms with E-state index in [2.05, 4.69) is 4.99 Å². The van der Waals surface area contributed by atoms with Crippen molar-refractivity contribution in [2.45, 2.75) is 39.5 Å². The van der Waals surface area contributed by atoms with Gasteiger partial charge in [0.2, 0.25) is 0 Å². The van der Waals surface area contributed by atoms with Gasteiger partial charge in [0, 0.05) is 7.05 Å². The Hall–Kier alpha value is -1.10. The Bertz CT molecular complexity index is 219. The maximum absolute atomic E-state index is 11.5. The van der Waals surface area contributed by atoms with Crippen molar-refractivity contribution in [1.82, 2.24) is 4.90 Å². The highest BCUT2D eigenvalue weighted by molar-refractivity contribution is 5.82. The zero-order valence-electron chi connectivity index (χ0n) is 9.44. The van der Waals surface area contributed by atoms with Crippen molar-refractivity contribution < 1.29 is 9.53 Å². The number of rotatable bonds is 2. The van der Waals surface area contributed by atoms with E-state index in [1.54, 1.807) is 34.7 Å². The molecule has 82 valence electrons. The van der Waals surface area contributed by atoms with E-state index in [0.29, 0.717) is 0 Å². The number of carbonyl (C=O) groups excluding carboxylic acids is 1. The molecule has 0 rings (SSSR count). The number of hydrogen-bond donors (Lipinski definition) is 1. The van der Waals surface area contributed by atoms with Gasteiger partial charge in [-0.25, -0.2) is 4.79 Å². The van der Waals surface area contributed by atoms with E-state index in [-0.39, 0.29) is 0 Å². The lowest BCUT2D eigenvalue weighted by Gasteiger charge is -2.26. The fourth-order valence-corrected chi connectivity index (χ4v) is 0.758. The maximum atomic E-state index is 11.5. The monoisotopic (exact) mass is 201 g/mol. The molecule has 1 amide bonds. The van der Waals surface area contributed by atoms with Crippen LogP contribution in [0.5, 0.6) is 0 Å². The average Bonchev–Trinajstić information content (AvgIpc) is 1.95. The largest absolute Gasteiger partial charge is 0.443 e. The third kappa shape index (κ3) is 4.81. The van der Waals surface area contributed by atoms with Gasteiger partial charge in [-0.05, 0) is 27.7 Å². The summed E-state index contributed by atoms with van der Waals surface area (Å²) >= 11 is 0. The Kier molecular flexibility index (Phi) is 4.56. The molecular weight excluding hydrogens is 182 g/mol. The number of ether oxygens (including phenoxy) is 1. The molecule has 0 aliphatic heterocycles. The summed E-state index contributed by atoms with van der Waals surface area (Å²) in [5.41, 5.74) is 5.05. The summed E-state index contributed by atoms with van der Waals surface area (Å²) in [4.78, 5) is 16.5. The lowest BCUT2D eigenvalue weighted by Crippen LogP contribution is -2.45. The first-order chi connectivity index (χ1) is 6.28. The molecular formula is C9H19N3O2. The van der Waals surface area contributed by atoms with Gasteiger partial charge in [-0.1, -0.05) is 0 Å². The fourth-order valence-electron chi connectivity index (χ4n) is 0.758. The number of nitrogens with zero attached hydrogens (tertiary/aromatic N) is 2. The Morgan fingerprint density at radius 1 is 1.57 bits per heavy atom. The molecule has 0 aromatic rings. The van der Waals surface area contributed by atoms with E-state index >= 15 is 0 Å². The summed E-state index contributed by atoms with van der Waals surface area (Å²) in [6.07, 6.45) is 0.422. The molecule has 1 atom stereocenters. The molecule has 0 aromatic carbocycles. The molecule has 2 N–H and O–H groups in total. The summed E-state index contributed by atoms with van der Waals surface area (Å²) in [5.74, 6) is 0. The van der Waals surface area contributed by atoms with Gasteiger partial charge in [0.05, 0.1) is 12.5 Å². The zero-order chi connectivity index (χ0) is 11.4. The van der Waals surface area contributed by atoms with Crippen LogP contribution in [0.25, 0.3) is 0 Å². The van der Waals surface area contributed by atoms with Crippen LogP contribution in [-0.4, -0.2) is 36.1 Å². The first-order valence-corrected chi connectivity index (χ1v) is 4.47. The van der Waals surface area contributed by atoms with Crippen LogP contribution >= 0.6 is 0 Å². The molecule has 0 fully saturated rings. The fraction of sp³-hybridized carbons (Fsp3) is 0.778. The Morgan fingerprint density at radius 3 is 2.36 bits per heavy atom. The SMILES string of the molecule is C/N=C\N(C(=O)OC(C)(C)C)C(C)N. The van der Waals surface area contributed by atoms with Gasteiger partial charge < -0.3 is 10.5 Å². The van der Waals surface area contributed by atoms with Crippen molar-refractivity contribution in [2.75, 3.05) is 7.05 Å². The molecule has 1 unspecified atom stereocenters. The molecule has 0 radical (unpaired) electrons. The van der Waals surface area contributed by atoms with E-state index in [1.165, 1.54) is 11.2 Å². The van der Waals surface area contributed by atoms with Gasteiger partial charge >= 0.3 is 6.09 Å². The molecule has 0 saturated heterocycles. The molecule has 5 heteroatoms. The third-order valence-electron chi connectivity index (χ3n) is 1.28. The summed E-state index contributed by atoms with van der Waals surface area (Å²) in [6.45, 7) is 7.08. The van der Waals surface area contributed by atoms with Crippen LogP contribution in [0.1, 0.15) is 27.7 Å². The molecule has 0 aliphatic carbocycles. The normalized spacial score (nSPS) is 14.1. The van der Waals surface area contributed by atoms with Crippen molar-refractivity contribution in [3.05, 3.63) is 0 Å². The molecule has 0 spiro atoms. The number of aliphatic imine (C=N–C) groups is 1. The van der Waals surface area contributed by atoms with Crippen molar-refractivity contribution in [1.29, 1.82) is 0 Å². The second kappa shape index (κ2) is 4.95. The van der Waals surface area contributed by atoms with E-state index in [1.807, 2.05) is 0 Å². The van der Waals surface area contributed by atoms with Gasteiger partial charge in [-0.15, -0.1) is 0 Å². The van der Waals surface area contributed by atoms with Crippen LogP contribution < -0.4 is 5.73 Å². The van der Waals surface area contributed by atoms with Gasteiger partial charge in [-0.2, -0.15) is 0 Å². The van der Waals surface area contributed by atoms with Crippen LogP contribution in [0.15, 0.2) is 4.99 Å². The smallest absolute Gasteiger partial charge is 0.416 e. The second-order valence-electron chi connectivity index (χ2n) is 4.00. The summed E-state index contributed by atoms with van der Waals surface area (Å²) in [6, 6.07) is 0. The van der Waals surface area contributed by atoms with Crippen molar-refractivity contribution in [3.8, 4) is 0 Å². The van der Waals surface area contributed by atoms with Crippen LogP contribution in [0.4, 0.5) is 4.79 Å². The quantitative estimate of drug-likeness (QED) is 0.414. The highest BCUT2D eigenvalue weighted by Crippen LogP contribution is 2.09. The average molecular weight is 201 g/mol. The summed E-state index contributed by atoms with van der Waals surface area (Å²) in [7, 11) is 1.57. The third-order valence-corrected chi connectivity index (χ3v) is 1.28. The zero-order valence-corrected chi connectivity index (χ0v) is 9.44.